The van der Waals surface area contributed by atoms with Crippen molar-refractivity contribution >= 4 is 17.7 Å². The maximum absolute atomic E-state index is 14.7. The molecular weight excluding hydrogens is 404 g/mol. The van der Waals surface area contributed by atoms with Crippen LogP contribution in [0.2, 0.25) is 0 Å². The van der Waals surface area contributed by atoms with Crippen molar-refractivity contribution in [2.45, 2.75) is 48.7 Å². The van der Waals surface area contributed by atoms with Crippen LogP contribution < -0.4 is 10.6 Å². The molecule has 4 rings (SSSR count). The highest BCUT2D eigenvalue weighted by Crippen LogP contribution is 2.35. The Morgan fingerprint density at radius 1 is 1.23 bits per heavy atom. The first kappa shape index (κ1) is 20.8. The predicted octanol–water partition coefficient (Wildman–Crippen LogP) is 4.05. The summed E-state index contributed by atoms with van der Waals surface area (Å²) in [5.41, 5.74) is 0.834. The van der Waals surface area contributed by atoms with Gasteiger partial charge in [-0.15, -0.1) is 11.8 Å². The van der Waals surface area contributed by atoms with Crippen molar-refractivity contribution in [3.63, 3.8) is 0 Å². The lowest BCUT2D eigenvalue weighted by molar-refractivity contribution is -0.124. The Balaban J connectivity index is 1.47. The summed E-state index contributed by atoms with van der Waals surface area (Å²) in [6.45, 7) is 0. The third kappa shape index (κ3) is 4.07. The molecule has 0 aromatic heterocycles. The minimum absolute atomic E-state index is 0.0738. The number of halogens is 2. The van der Waals surface area contributed by atoms with Gasteiger partial charge in [0, 0.05) is 22.9 Å². The van der Waals surface area contributed by atoms with Crippen molar-refractivity contribution in [2.24, 2.45) is 5.92 Å². The summed E-state index contributed by atoms with van der Waals surface area (Å²) in [5.74, 6) is -1.86. The van der Waals surface area contributed by atoms with Gasteiger partial charge in [0.05, 0.1) is 12.1 Å². The topological polar surface area (TPSA) is 64.9 Å². The second-order valence-corrected chi connectivity index (χ2v) is 8.82. The van der Waals surface area contributed by atoms with Gasteiger partial charge in [-0.3, -0.25) is 4.79 Å². The summed E-state index contributed by atoms with van der Waals surface area (Å²) >= 11 is 1.57. The number of carbonyl (C=O) groups excluding carboxylic acids is 1. The fourth-order valence-electron chi connectivity index (χ4n) is 4.50. The van der Waals surface area contributed by atoms with Gasteiger partial charge in [-0.05, 0) is 54.7 Å². The van der Waals surface area contributed by atoms with Crippen LogP contribution in [0.3, 0.4) is 0 Å². The summed E-state index contributed by atoms with van der Waals surface area (Å²) in [6, 6.07) is 11.4. The van der Waals surface area contributed by atoms with E-state index in [9.17, 15) is 18.8 Å². The molecule has 1 saturated heterocycles. The first-order valence-electron chi connectivity index (χ1n) is 10.1. The number of nitriles is 1. The highest BCUT2D eigenvalue weighted by atomic mass is 32.2. The molecule has 2 aromatic rings. The summed E-state index contributed by atoms with van der Waals surface area (Å²) in [4.78, 5) is 13.6. The van der Waals surface area contributed by atoms with Crippen LogP contribution >= 0.6 is 11.8 Å². The van der Waals surface area contributed by atoms with Crippen LogP contribution in [0, 0.1) is 28.9 Å². The number of rotatable bonds is 6. The lowest BCUT2D eigenvalue weighted by atomic mass is 9.97. The van der Waals surface area contributed by atoms with Gasteiger partial charge < -0.3 is 10.6 Å². The third-order valence-corrected chi connectivity index (χ3v) is 6.85. The van der Waals surface area contributed by atoms with Crippen LogP contribution in [0.5, 0.6) is 0 Å². The normalized spacial score (nSPS) is 23.2. The van der Waals surface area contributed by atoms with E-state index in [1.54, 1.807) is 23.9 Å². The molecule has 3 unspecified atom stereocenters. The van der Waals surface area contributed by atoms with Crippen LogP contribution in [0.1, 0.15) is 24.8 Å². The fourth-order valence-corrected chi connectivity index (χ4v) is 4.91. The van der Waals surface area contributed by atoms with E-state index in [0.29, 0.717) is 17.5 Å². The highest BCUT2D eigenvalue weighted by Gasteiger charge is 2.43. The molecule has 0 radical (unpaired) electrons. The van der Waals surface area contributed by atoms with Crippen molar-refractivity contribution in [3.8, 4) is 17.2 Å². The zero-order chi connectivity index (χ0) is 21.3. The molecule has 2 aromatic carbocycles. The molecule has 4 nitrogen and oxygen atoms in total. The fraction of sp³-hybridized carbons (Fsp3) is 0.391. The largest absolute Gasteiger partial charge is 0.339 e. The van der Waals surface area contributed by atoms with Crippen molar-refractivity contribution in [2.75, 3.05) is 6.26 Å². The number of piperidine rings is 1. The van der Waals surface area contributed by atoms with Crippen molar-refractivity contribution in [1.82, 2.24) is 10.6 Å². The van der Waals surface area contributed by atoms with E-state index in [1.807, 2.05) is 24.5 Å². The third-order valence-electron chi connectivity index (χ3n) is 6.10. The number of hydrogen-bond donors (Lipinski definition) is 2. The standard InChI is InChI=1S/C23H23F2N3OS/c1-30-18-7-3-13(4-8-18)19-9-5-14(20(24)21(19)25)10-17(12-26)28-23(29)22-15-2-6-16(11-15)27-22/h3-5,7-9,15-17,22,27H,2,6,10-11H2,1H3,(H,28,29)/t15?,16?,17-,22?/m0/s1. The van der Waals surface area contributed by atoms with Crippen LogP contribution in [-0.4, -0.2) is 30.3 Å². The zero-order valence-corrected chi connectivity index (χ0v) is 17.4. The van der Waals surface area contributed by atoms with E-state index in [0.717, 1.165) is 24.2 Å². The monoisotopic (exact) mass is 427 g/mol. The van der Waals surface area contributed by atoms with E-state index < -0.39 is 17.7 Å². The van der Waals surface area contributed by atoms with Crippen LogP contribution in [0.4, 0.5) is 8.78 Å². The number of carbonyl (C=O) groups is 1. The molecule has 1 saturated carbocycles. The summed E-state index contributed by atoms with van der Waals surface area (Å²) < 4.78 is 29.5. The van der Waals surface area contributed by atoms with E-state index in [-0.39, 0.29) is 29.5 Å². The SMILES string of the molecule is CSc1ccc(-c2ccc(C[C@@H](C#N)NC(=O)C3NC4CCC3C4)c(F)c2F)cc1. The second kappa shape index (κ2) is 8.75. The first-order chi connectivity index (χ1) is 14.5. The highest BCUT2D eigenvalue weighted by molar-refractivity contribution is 7.98. The van der Waals surface area contributed by atoms with Gasteiger partial charge in [-0.1, -0.05) is 24.3 Å². The number of thioether (sulfide) groups is 1. The molecule has 2 N–H and O–H groups in total. The van der Waals surface area contributed by atoms with Crippen molar-refractivity contribution < 1.29 is 13.6 Å². The minimum atomic E-state index is -0.978. The molecule has 0 spiro atoms. The molecule has 1 amide bonds. The van der Waals surface area contributed by atoms with Gasteiger partial charge in [-0.25, -0.2) is 8.78 Å². The van der Waals surface area contributed by atoms with Crippen molar-refractivity contribution in [3.05, 3.63) is 53.6 Å². The Bertz CT molecular complexity index is 989. The first-order valence-corrected chi connectivity index (χ1v) is 11.3. The van der Waals surface area contributed by atoms with E-state index in [2.05, 4.69) is 10.6 Å². The zero-order valence-electron chi connectivity index (χ0n) is 16.6. The molecular formula is C23H23F2N3OS. The Morgan fingerprint density at radius 3 is 2.60 bits per heavy atom. The maximum Gasteiger partial charge on any atom is 0.238 e. The quantitative estimate of drug-likeness (QED) is 0.683. The molecule has 2 aliphatic rings. The molecule has 2 fully saturated rings. The summed E-state index contributed by atoms with van der Waals surface area (Å²) in [5, 5.41) is 15.4. The van der Waals surface area contributed by atoms with Crippen LogP contribution in [0.15, 0.2) is 41.3 Å². The Labute approximate surface area is 179 Å². The molecule has 4 atom stereocenters. The predicted molar refractivity (Wildman–Crippen MR) is 113 cm³/mol. The molecule has 1 heterocycles. The number of nitrogens with zero attached hydrogens (tertiary/aromatic N) is 1. The maximum atomic E-state index is 14.7. The van der Waals surface area contributed by atoms with Crippen LogP contribution in [0.25, 0.3) is 11.1 Å². The number of hydrogen-bond acceptors (Lipinski definition) is 4. The number of amides is 1. The minimum Gasteiger partial charge on any atom is -0.339 e. The lowest BCUT2D eigenvalue weighted by Gasteiger charge is -2.23. The average Bonchev–Trinajstić information content (AvgIpc) is 3.40. The average molecular weight is 428 g/mol. The van der Waals surface area contributed by atoms with E-state index in [1.165, 1.54) is 12.1 Å². The molecule has 1 aliphatic carbocycles. The van der Waals surface area contributed by atoms with E-state index in [4.69, 9.17) is 0 Å². The van der Waals surface area contributed by atoms with Gasteiger partial charge in [0.25, 0.3) is 0 Å². The Morgan fingerprint density at radius 2 is 2.00 bits per heavy atom. The number of fused-ring (bicyclic) bond motifs is 2. The lowest BCUT2D eigenvalue weighted by Crippen LogP contribution is -2.50. The number of benzene rings is 2. The van der Waals surface area contributed by atoms with E-state index >= 15 is 0 Å². The Kier molecular flexibility index (Phi) is 6.07. The van der Waals surface area contributed by atoms with Gasteiger partial charge >= 0.3 is 0 Å². The molecule has 30 heavy (non-hydrogen) atoms. The smallest absolute Gasteiger partial charge is 0.238 e. The molecule has 7 heteroatoms. The van der Waals surface area contributed by atoms with Crippen molar-refractivity contribution in [1.29, 1.82) is 5.26 Å². The van der Waals surface area contributed by atoms with Crippen LogP contribution in [-0.2, 0) is 11.2 Å². The summed E-state index contributed by atoms with van der Waals surface area (Å²) in [6.07, 6.45) is 4.92. The Hall–Kier alpha value is -2.43. The van der Waals surface area contributed by atoms with Gasteiger partial charge in [-0.2, -0.15) is 5.26 Å². The number of nitrogens with one attached hydrogen (secondary N) is 2. The van der Waals surface area contributed by atoms with Gasteiger partial charge in [0.2, 0.25) is 5.91 Å². The van der Waals surface area contributed by atoms with Gasteiger partial charge in [0.15, 0.2) is 11.6 Å². The molecule has 1 aliphatic heterocycles. The summed E-state index contributed by atoms with van der Waals surface area (Å²) in [7, 11) is 0. The molecule has 156 valence electrons. The molecule has 2 bridgehead atoms. The van der Waals surface area contributed by atoms with Gasteiger partial charge in [0.1, 0.15) is 6.04 Å². The second-order valence-electron chi connectivity index (χ2n) is 7.94.